The minimum absolute atomic E-state index is 0.0106. The lowest BCUT2D eigenvalue weighted by Gasteiger charge is -2.57. The standard InChI is InChI=1S/C29H30ClN3O4/c30-23-4-2-1-3-21(23)16-32(28(37)29-13-17-9-18(14-29)11-19(10-17)15-29)24-12-25(34)33(27(24)36)22-7-5-20(6-8-22)26(31)35/h1-8,17-19,24H,9-16H2,(H2,31,35). The number of hydrogen-bond acceptors (Lipinski definition) is 4. The maximum atomic E-state index is 14.5. The van der Waals surface area contributed by atoms with Crippen LogP contribution in [0.15, 0.2) is 48.5 Å². The maximum Gasteiger partial charge on any atom is 0.257 e. The van der Waals surface area contributed by atoms with Gasteiger partial charge in [-0.3, -0.25) is 19.2 Å². The molecule has 37 heavy (non-hydrogen) atoms. The van der Waals surface area contributed by atoms with E-state index in [-0.39, 0.29) is 30.3 Å². The highest BCUT2D eigenvalue weighted by molar-refractivity contribution is 6.31. The Bertz CT molecular complexity index is 1260. The van der Waals surface area contributed by atoms with Gasteiger partial charge >= 0.3 is 0 Å². The number of halogens is 1. The molecule has 4 amide bonds. The predicted molar refractivity (Wildman–Crippen MR) is 138 cm³/mol. The molecule has 2 aromatic rings. The van der Waals surface area contributed by atoms with Crippen LogP contribution in [-0.4, -0.2) is 34.6 Å². The lowest BCUT2D eigenvalue weighted by Crippen LogP contribution is -2.57. The zero-order valence-electron chi connectivity index (χ0n) is 20.6. The van der Waals surface area contributed by atoms with Gasteiger partial charge in [0.2, 0.25) is 17.7 Å². The molecule has 1 unspecified atom stereocenters. The van der Waals surface area contributed by atoms with Crippen molar-refractivity contribution < 1.29 is 19.2 Å². The number of hydrogen-bond donors (Lipinski definition) is 1. The second-order valence-electron chi connectivity index (χ2n) is 11.4. The van der Waals surface area contributed by atoms with Crippen molar-refractivity contribution in [1.29, 1.82) is 0 Å². The SMILES string of the molecule is NC(=O)c1ccc(N2C(=O)CC(N(Cc3ccccc3Cl)C(=O)C34CC5CC(CC(C5)C3)C4)C2=O)cc1. The van der Waals surface area contributed by atoms with Crippen molar-refractivity contribution >= 4 is 40.9 Å². The molecule has 1 heterocycles. The largest absolute Gasteiger partial charge is 0.366 e. The molecule has 0 spiro atoms. The van der Waals surface area contributed by atoms with E-state index in [9.17, 15) is 19.2 Å². The quantitative estimate of drug-likeness (QED) is 0.574. The van der Waals surface area contributed by atoms with Gasteiger partial charge in [0.1, 0.15) is 6.04 Å². The molecule has 192 valence electrons. The van der Waals surface area contributed by atoms with Gasteiger partial charge in [-0.05, 0) is 92.2 Å². The number of primary amides is 1. The van der Waals surface area contributed by atoms with E-state index in [0.717, 1.165) is 29.7 Å². The number of amides is 4. The third-order valence-electron chi connectivity index (χ3n) is 8.96. The third kappa shape index (κ3) is 4.13. The van der Waals surface area contributed by atoms with Gasteiger partial charge in [0, 0.05) is 17.1 Å². The first kappa shape index (κ1) is 24.2. The van der Waals surface area contributed by atoms with Crippen LogP contribution in [0.3, 0.4) is 0 Å². The summed E-state index contributed by atoms with van der Waals surface area (Å²) in [5.41, 5.74) is 6.28. The number of anilines is 1. The van der Waals surface area contributed by atoms with Gasteiger partial charge < -0.3 is 10.6 Å². The Morgan fingerprint density at radius 2 is 1.54 bits per heavy atom. The van der Waals surface area contributed by atoms with Gasteiger partial charge in [-0.1, -0.05) is 29.8 Å². The first-order chi connectivity index (χ1) is 17.7. The van der Waals surface area contributed by atoms with Crippen LogP contribution in [0.2, 0.25) is 5.02 Å². The fourth-order valence-electron chi connectivity index (χ4n) is 7.72. The Kier molecular flexibility index (Phi) is 5.86. The molecule has 1 aliphatic heterocycles. The summed E-state index contributed by atoms with van der Waals surface area (Å²) < 4.78 is 0. The van der Waals surface area contributed by atoms with E-state index >= 15 is 0 Å². The topological polar surface area (TPSA) is 101 Å². The number of carbonyl (C=O) groups is 4. The van der Waals surface area contributed by atoms with Gasteiger partial charge in [-0.15, -0.1) is 0 Å². The summed E-state index contributed by atoms with van der Waals surface area (Å²) in [6.07, 6.45) is 6.11. The van der Waals surface area contributed by atoms with Crippen molar-refractivity contribution in [3.05, 3.63) is 64.7 Å². The van der Waals surface area contributed by atoms with E-state index in [2.05, 4.69) is 0 Å². The van der Waals surface area contributed by atoms with Crippen LogP contribution in [0.5, 0.6) is 0 Å². The van der Waals surface area contributed by atoms with Crippen LogP contribution in [0, 0.1) is 23.2 Å². The van der Waals surface area contributed by atoms with Crippen LogP contribution >= 0.6 is 11.6 Å². The van der Waals surface area contributed by atoms with Crippen molar-refractivity contribution in [3.63, 3.8) is 0 Å². The number of rotatable bonds is 6. The Morgan fingerprint density at radius 3 is 2.11 bits per heavy atom. The number of imide groups is 1. The Morgan fingerprint density at radius 1 is 0.946 bits per heavy atom. The van der Waals surface area contributed by atoms with E-state index in [1.54, 1.807) is 11.0 Å². The highest BCUT2D eigenvalue weighted by Crippen LogP contribution is 2.60. The monoisotopic (exact) mass is 519 g/mol. The number of carbonyl (C=O) groups excluding carboxylic acids is 4. The molecule has 4 saturated carbocycles. The van der Waals surface area contributed by atoms with Gasteiger partial charge in [-0.2, -0.15) is 0 Å². The molecule has 0 radical (unpaired) electrons. The molecule has 8 heteroatoms. The summed E-state index contributed by atoms with van der Waals surface area (Å²) in [5.74, 6) is 0.307. The van der Waals surface area contributed by atoms with Gasteiger partial charge in [-0.25, -0.2) is 4.90 Å². The first-order valence-electron chi connectivity index (χ1n) is 13.1. The van der Waals surface area contributed by atoms with Gasteiger partial charge in [0.25, 0.3) is 5.91 Å². The molecule has 1 saturated heterocycles. The van der Waals surface area contributed by atoms with Crippen LogP contribution in [0.4, 0.5) is 5.69 Å². The van der Waals surface area contributed by atoms with Gasteiger partial charge in [0.05, 0.1) is 17.5 Å². The molecule has 2 aromatic carbocycles. The van der Waals surface area contributed by atoms with Crippen molar-refractivity contribution in [2.24, 2.45) is 28.9 Å². The fraction of sp³-hybridized carbons (Fsp3) is 0.448. The van der Waals surface area contributed by atoms with E-state index in [4.69, 9.17) is 17.3 Å². The molecular weight excluding hydrogens is 490 g/mol. The van der Waals surface area contributed by atoms with Crippen LogP contribution < -0.4 is 10.6 Å². The molecule has 7 rings (SSSR count). The van der Waals surface area contributed by atoms with Crippen LogP contribution in [0.1, 0.15) is 60.9 Å². The van der Waals surface area contributed by atoms with E-state index in [1.165, 1.54) is 43.5 Å². The first-order valence-corrected chi connectivity index (χ1v) is 13.4. The Labute approximate surface area is 220 Å². The molecular formula is C29H30ClN3O4. The lowest BCUT2D eigenvalue weighted by molar-refractivity contribution is -0.162. The predicted octanol–water partition coefficient (Wildman–Crippen LogP) is 4.32. The molecule has 4 bridgehead atoms. The molecule has 2 N–H and O–H groups in total. The van der Waals surface area contributed by atoms with E-state index < -0.39 is 23.3 Å². The summed E-state index contributed by atoms with van der Waals surface area (Å²) in [6.45, 7) is 0.179. The number of nitrogens with two attached hydrogens (primary N) is 1. The summed E-state index contributed by atoms with van der Waals surface area (Å²) in [7, 11) is 0. The summed E-state index contributed by atoms with van der Waals surface area (Å²) in [6, 6.07) is 12.5. The molecule has 7 nitrogen and oxygen atoms in total. The van der Waals surface area contributed by atoms with Crippen LogP contribution in [0.25, 0.3) is 0 Å². The summed E-state index contributed by atoms with van der Waals surface area (Å²) in [4.78, 5) is 55.6. The second-order valence-corrected chi connectivity index (χ2v) is 11.8. The van der Waals surface area contributed by atoms with Crippen molar-refractivity contribution in [2.75, 3.05) is 4.90 Å². The zero-order valence-corrected chi connectivity index (χ0v) is 21.3. The molecule has 0 aromatic heterocycles. The van der Waals surface area contributed by atoms with Crippen LogP contribution in [-0.2, 0) is 20.9 Å². The Balaban J connectivity index is 1.34. The smallest absolute Gasteiger partial charge is 0.257 e. The summed E-state index contributed by atoms with van der Waals surface area (Å²) >= 11 is 6.49. The average molecular weight is 520 g/mol. The average Bonchev–Trinajstić information content (AvgIpc) is 3.15. The Hall–Kier alpha value is -3.19. The summed E-state index contributed by atoms with van der Waals surface area (Å²) in [5, 5.41) is 0.529. The van der Waals surface area contributed by atoms with E-state index in [1.807, 2.05) is 18.2 Å². The van der Waals surface area contributed by atoms with Gasteiger partial charge in [0.15, 0.2) is 0 Å². The minimum Gasteiger partial charge on any atom is -0.366 e. The lowest BCUT2D eigenvalue weighted by atomic mass is 9.49. The molecule has 5 aliphatic rings. The zero-order chi connectivity index (χ0) is 25.9. The highest BCUT2D eigenvalue weighted by Gasteiger charge is 2.57. The van der Waals surface area contributed by atoms with Crippen molar-refractivity contribution in [3.8, 4) is 0 Å². The van der Waals surface area contributed by atoms with E-state index in [0.29, 0.717) is 28.5 Å². The molecule has 5 fully saturated rings. The highest BCUT2D eigenvalue weighted by atomic mass is 35.5. The fourth-order valence-corrected chi connectivity index (χ4v) is 7.91. The number of benzene rings is 2. The normalized spacial score (nSPS) is 30.1. The molecule has 4 aliphatic carbocycles. The maximum absolute atomic E-state index is 14.5. The van der Waals surface area contributed by atoms with Crippen molar-refractivity contribution in [2.45, 2.75) is 57.5 Å². The van der Waals surface area contributed by atoms with Crippen molar-refractivity contribution in [1.82, 2.24) is 4.90 Å². The molecule has 1 atom stereocenters. The minimum atomic E-state index is -0.903. The number of nitrogens with zero attached hydrogens (tertiary/aromatic N) is 2. The second kappa shape index (κ2) is 8.98. The third-order valence-corrected chi connectivity index (χ3v) is 9.33.